The number of nitrogens with one attached hydrogen (secondary N) is 1. The van der Waals surface area contributed by atoms with Gasteiger partial charge in [-0.05, 0) is 78.8 Å². The largest absolute Gasteiger partial charge is 0.491 e. The van der Waals surface area contributed by atoms with E-state index in [9.17, 15) is 14.7 Å². The lowest BCUT2D eigenvalue weighted by atomic mass is 10.00. The number of benzene rings is 3. The van der Waals surface area contributed by atoms with E-state index < -0.39 is 5.97 Å². The van der Waals surface area contributed by atoms with Crippen molar-refractivity contribution in [3.05, 3.63) is 95.3 Å². The van der Waals surface area contributed by atoms with Crippen molar-refractivity contribution in [3.8, 4) is 28.3 Å². The van der Waals surface area contributed by atoms with Gasteiger partial charge in [-0.1, -0.05) is 30.3 Å². The summed E-state index contributed by atoms with van der Waals surface area (Å²) in [6.45, 7) is 2.86. The number of hydrogen-bond acceptors (Lipinski definition) is 5. The first-order chi connectivity index (χ1) is 19.5. The molecule has 2 N–H and O–H groups in total. The van der Waals surface area contributed by atoms with Crippen molar-refractivity contribution in [2.45, 2.75) is 25.7 Å². The molecule has 0 unspecified atom stereocenters. The molecule has 0 saturated heterocycles. The molecule has 5 aromatic rings. The number of aromatic carboxylic acids is 1. The van der Waals surface area contributed by atoms with E-state index in [0.717, 1.165) is 39.2 Å². The van der Waals surface area contributed by atoms with E-state index in [1.54, 1.807) is 29.2 Å². The van der Waals surface area contributed by atoms with Crippen LogP contribution in [0.15, 0.2) is 73.1 Å². The molecule has 0 spiro atoms. The first-order valence-electron chi connectivity index (χ1n) is 13.3. The second-order valence-electron chi connectivity index (χ2n) is 10.3. The maximum absolute atomic E-state index is 13.8. The summed E-state index contributed by atoms with van der Waals surface area (Å²) in [4.78, 5) is 39.2. The summed E-state index contributed by atoms with van der Waals surface area (Å²) in [5, 5.41) is 10.1. The van der Waals surface area contributed by atoms with Crippen molar-refractivity contribution in [2.75, 3.05) is 18.1 Å². The summed E-state index contributed by atoms with van der Waals surface area (Å²) in [6, 6.07) is 20.6. The topological polar surface area (TPSA) is 108 Å². The molecule has 3 aromatic carbocycles. The van der Waals surface area contributed by atoms with E-state index in [1.165, 1.54) is 24.7 Å². The van der Waals surface area contributed by atoms with Gasteiger partial charge in [0.2, 0.25) is 0 Å². The van der Waals surface area contributed by atoms with E-state index in [4.69, 9.17) is 4.74 Å². The summed E-state index contributed by atoms with van der Waals surface area (Å²) < 4.78 is 6.05. The summed E-state index contributed by atoms with van der Waals surface area (Å²) in [7, 11) is 0. The Morgan fingerprint density at radius 1 is 1.02 bits per heavy atom. The zero-order valence-electron chi connectivity index (χ0n) is 21.8. The van der Waals surface area contributed by atoms with E-state index in [0.29, 0.717) is 36.0 Å². The average Bonchev–Trinajstić information content (AvgIpc) is 3.75. The molecule has 0 radical (unpaired) electrons. The molecule has 1 aliphatic carbocycles. The molecule has 1 fully saturated rings. The summed E-state index contributed by atoms with van der Waals surface area (Å²) in [6.07, 6.45) is 3.91. The van der Waals surface area contributed by atoms with Crippen molar-refractivity contribution in [1.82, 2.24) is 15.0 Å². The molecule has 8 nitrogen and oxygen atoms in total. The highest BCUT2D eigenvalue weighted by molar-refractivity contribution is 6.09. The number of aromatic amines is 1. The molecular formula is C32H26N4O4. The third-order valence-corrected chi connectivity index (χ3v) is 7.82. The number of H-pyrrole nitrogens is 1. The van der Waals surface area contributed by atoms with E-state index in [2.05, 4.69) is 21.0 Å². The molecule has 0 atom stereocenters. The molecule has 0 bridgehead atoms. The fourth-order valence-corrected chi connectivity index (χ4v) is 5.50. The molecular weight excluding hydrogens is 504 g/mol. The highest BCUT2D eigenvalue weighted by Crippen LogP contribution is 2.42. The summed E-state index contributed by atoms with van der Waals surface area (Å²) >= 11 is 0. The lowest BCUT2D eigenvalue weighted by molar-refractivity contribution is 0.0696. The van der Waals surface area contributed by atoms with Crippen molar-refractivity contribution in [1.29, 1.82) is 0 Å². The number of carboxylic acids is 1. The number of ether oxygens (including phenoxy) is 1. The van der Waals surface area contributed by atoms with Crippen molar-refractivity contribution in [2.24, 2.45) is 0 Å². The molecule has 8 heteroatoms. The Hall–Kier alpha value is -4.98. The molecule has 198 valence electrons. The zero-order chi connectivity index (χ0) is 27.4. The number of carbonyl (C=O) groups is 2. The van der Waals surface area contributed by atoms with Crippen LogP contribution in [0.25, 0.3) is 33.5 Å². The third kappa shape index (κ3) is 4.09. The second kappa shape index (κ2) is 9.34. The van der Waals surface area contributed by atoms with Gasteiger partial charge in [-0.25, -0.2) is 14.8 Å². The van der Waals surface area contributed by atoms with Gasteiger partial charge in [0.25, 0.3) is 5.91 Å². The minimum atomic E-state index is -0.965. The van der Waals surface area contributed by atoms with Gasteiger partial charge in [-0.3, -0.25) is 4.79 Å². The first kappa shape index (κ1) is 24.1. The molecule has 1 saturated carbocycles. The van der Waals surface area contributed by atoms with Gasteiger partial charge in [0.05, 0.1) is 23.4 Å². The van der Waals surface area contributed by atoms with Crippen LogP contribution >= 0.6 is 0 Å². The van der Waals surface area contributed by atoms with Crippen LogP contribution in [0.2, 0.25) is 0 Å². The standard InChI is InChI=1S/C32H26N4O4/c1-18-23(29-25-16-26(35-30(25)34-17-33-29)20-7-9-21(10-8-20)32(38)39)3-2-4-27(18)36-13-14-40-28-15-22(19-5-6-19)11-12-24(28)31(36)37/h2-4,7-12,15-17,19H,5-6,13-14H2,1H3,(H,38,39)(H,33,34,35). The first-order valence-corrected chi connectivity index (χ1v) is 13.3. The highest BCUT2D eigenvalue weighted by Gasteiger charge is 2.30. The molecule has 7 rings (SSSR count). The number of carbonyl (C=O) groups excluding carboxylic acids is 1. The smallest absolute Gasteiger partial charge is 0.335 e. The normalized spacial score (nSPS) is 15.0. The maximum Gasteiger partial charge on any atom is 0.335 e. The molecule has 1 aliphatic heterocycles. The van der Waals surface area contributed by atoms with Crippen LogP contribution in [-0.2, 0) is 0 Å². The average molecular weight is 531 g/mol. The molecule has 2 aromatic heterocycles. The predicted molar refractivity (Wildman–Crippen MR) is 152 cm³/mol. The fraction of sp³-hybridized carbons (Fsp3) is 0.188. The molecule has 1 amide bonds. The van der Waals surface area contributed by atoms with Gasteiger partial charge >= 0.3 is 5.97 Å². The monoisotopic (exact) mass is 530 g/mol. The Bertz CT molecular complexity index is 1800. The maximum atomic E-state index is 13.8. The van der Waals surface area contributed by atoms with Crippen LogP contribution in [0.4, 0.5) is 5.69 Å². The summed E-state index contributed by atoms with van der Waals surface area (Å²) in [5.74, 6) is 0.216. The van der Waals surface area contributed by atoms with Crippen molar-refractivity contribution < 1.29 is 19.4 Å². The number of aromatic nitrogens is 3. The lowest BCUT2D eigenvalue weighted by Crippen LogP contribution is -2.33. The second-order valence-corrected chi connectivity index (χ2v) is 10.3. The Morgan fingerprint density at radius 3 is 2.62 bits per heavy atom. The number of fused-ring (bicyclic) bond motifs is 2. The van der Waals surface area contributed by atoms with E-state index in [-0.39, 0.29) is 11.5 Å². The zero-order valence-corrected chi connectivity index (χ0v) is 21.8. The van der Waals surface area contributed by atoms with Gasteiger partial charge in [-0.2, -0.15) is 0 Å². The SMILES string of the molecule is Cc1c(-c2ncnc3[nH]c(-c4ccc(C(=O)O)cc4)cc23)cccc1N1CCOc2cc(C3CC3)ccc2C1=O. The van der Waals surface area contributed by atoms with Crippen molar-refractivity contribution >= 4 is 28.6 Å². The number of nitrogens with zero attached hydrogens (tertiary/aromatic N) is 3. The minimum Gasteiger partial charge on any atom is -0.491 e. The number of anilines is 1. The fourth-order valence-electron chi connectivity index (χ4n) is 5.50. The van der Waals surface area contributed by atoms with Gasteiger partial charge in [-0.15, -0.1) is 0 Å². The van der Waals surface area contributed by atoms with Gasteiger partial charge in [0, 0.05) is 22.3 Å². The minimum absolute atomic E-state index is 0.0725. The van der Waals surface area contributed by atoms with Crippen LogP contribution in [-0.4, -0.2) is 45.1 Å². The lowest BCUT2D eigenvalue weighted by Gasteiger charge is -2.23. The number of hydrogen-bond donors (Lipinski definition) is 2. The third-order valence-electron chi connectivity index (χ3n) is 7.82. The number of carboxylic acid groups (broad SMARTS) is 1. The van der Waals surface area contributed by atoms with Gasteiger partial charge in [0.15, 0.2) is 0 Å². The van der Waals surface area contributed by atoms with Gasteiger partial charge < -0.3 is 19.7 Å². The van der Waals surface area contributed by atoms with E-state index >= 15 is 0 Å². The molecule has 3 heterocycles. The molecule has 40 heavy (non-hydrogen) atoms. The van der Waals surface area contributed by atoms with Crippen LogP contribution < -0.4 is 9.64 Å². The Morgan fingerprint density at radius 2 is 1.85 bits per heavy atom. The Labute approximate surface area is 230 Å². The van der Waals surface area contributed by atoms with Crippen LogP contribution in [0.3, 0.4) is 0 Å². The van der Waals surface area contributed by atoms with Crippen LogP contribution in [0, 0.1) is 6.92 Å². The number of amides is 1. The summed E-state index contributed by atoms with van der Waals surface area (Å²) in [5.41, 5.74) is 7.79. The van der Waals surface area contributed by atoms with Crippen LogP contribution in [0.1, 0.15) is 50.6 Å². The van der Waals surface area contributed by atoms with E-state index in [1.807, 2.05) is 43.3 Å². The Kier molecular flexibility index (Phi) is 5.62. The van der Waals surface area contributed by atoms with Crippen LogP contribution in [0.5, 0.6) is 5.75 Å². The predicted octanol–water partition coefficient (Wildman–Crippen LogP) is 6.22. The van der Waals surface area contributed by atoms with Crippen molar-refractivity contribution in [3.63, 3.8) is 0 Å². The highest BCUT2D eigenvalue weighted by atomic mass is 16.5. The molecule has 2 aliphatic rings. The quantitative estimate of drug-likeness (QED) is 0.279. The Balaban J connectivity index is 1.26. The number of rotatable bonds is 5. The van der Waals surface area contributed by atoms with Gasteiger partial charge in [0.1, 0.15) is 24.3 Å².